The van der Waals surface area contributed by atoms with Crippen molar-refractivity contribution in [2.75, 3.05) is 26.5 Å². The van der Waals surface area contributed by atoms with Gasteiger partial charge in [-0.3, -0.25) is 0 Å². The minimum atomic E-state index is -3.56. The number of sulfonamides is 1. The number of benzene rings is 2. The quantitative estimate of drug-likeness (QED) is 0.815. The van der Waals surface area contributed by atoms with E-state index in [4.69, 9.17) is 9.47 Å². The fourth-order valence-corrected chi connectivity index (χ4v) is 5.97. The van der Waals surface area contributed by atoms with Gasteiger partial charge in [0, 0.05) is 17.9 Å². The Labute approximate surface area is 146 Å². The third-order valence-electron chi connectivity index (χ3n) is 3.90. The molecule has 1 heterocycles. The van der Waals surface area contributed by atoms with Gasteiger partial charge in [0.1, 0.15) is 11.5 Å². The molecule has 1 unspecified atom stereocenters. The first-order valence-corrected chi connectivity index (χ1v) is 9.97. The molecule has 1 atom stereocenters. The highest BCUT2D eigenvalue weighted by Gasteiger charge is 2.38. The Balaban J connectivity index is 2.03. The number of nitrogens with zero attached hydrogens (tertiary/aromatic N) is 1. The maximum Gasteiger partial charge on any atom is 0.244 e. The highest BCUT2D eigenvalue weighted by molar-refractivity contribution is 8.01. The summed E-state index contributed by atoms with van der Waals surface area (Å²) in [4.78, 5) is 0.305. The summed E-state index contributed by atoms with van der Waals surface area (Å²) >= 11 is 1.59. The van der Waals surface area contributed by atoms with Crippen molar-refractivity contribution in [3.05, 3.63) is 54.1 Å². The van der Waals surface area contributed by atoms with Crippen LogP contribution in [-0.4, -0.2) is 39.2 Å². The highest BCUT2D eigenvalue weighted by Crippen LogP contribution is 2.45. The average Bonchev–Trinajstić information content (AvgIpc) is 3.12. The second-order valence-corrected chi connectivity index (χ2v) is 8.34. The normalized spacial score (nSPS) is 18.5. The molecule has 0 aromatic heterocycles. The van der Waals surface area contributed by atoms with Crippen LogP contribution >= 0.6 is 11.8 Å². The summed E-state index contributed by atoms with van der Waals surface area (Å²) in [6.07, 6.45) is 0. The maximum absolute atomic E-state index is 13.0. The van der Waals surface area contributed by atoms with Gasteiger partial charge in [0.05, 0.1) is 24.5 Å². The van der Waals surface area contributed by atoms with Crippen LogP contribution < -0.4 is 9.47 Å². The molecular weight excluding hydrogens is 346 g/mol. The first-order valence-electron chi connectivity index (χ1n) is 7.48. The monoisotopic (exact) mass is 365 g/mol. The van der Waals surface area contributed by atoms with E-state index in [-0.39, 0.29) is 5.37 Å². The Kier molecular flexibility index (Phi) is 5.03. The molecule has 2 aromatic carbocycles. The molecule has 1 aliphatic heterocycles. The molecule has 0 aliphatic carbocycles. The van der Waals surface area contributed by atoms with Crippen LogP contribution in [0.15, 0.2) is 53.4 Å². The van der Waals surface area contributed by atoms with Crippen molar-refractivity contribution >= 4 is 21.8 Å². The van der Waals surface area contributed by atoms with Gasteiger partial charge in [-0.05, 0) is 30.3 Å². The molecule has 1 saturated heterocycles. The lowest BCUT2D eigenvalue weighted by molar-refractivity contribution is 0.382. The van der Waals surface area contributed by atoms with Crippen molar-refractivity contribution in [2.45, 2.75) is 10.3 Å². The molecule has 2 aromatic rings. The van der Waals surface area contributed by atoms with E-state index in [1.807, 2.05) is 6.07 Å². The average molecular weight is 365 g/mol. The van der Waals surface area contributed by atoms with Crippen molar-refractivity contribution in [3.8, 4) is 11.5 Å². The number of methoxy groups -OCH3 is 2. The number of thioether (sulfide) groups is 1. The Morgan fingerprint density at radius 1 is 1.08 bits per heavy atom. The summed E-state index contributed by atoms with van der Waals surface area (Å²) < 4.78 is 38.3. The summed E-state index contributed by atoms with van der Waals surface area (Å²) in [6, 6.07) is 14.0. The van der Waals surface area contributed by atoms with Crippen molar-refractivity contribution in [1.29, 1.82) is 0 Å². The number of ether oxygens (including phenoxy) is 2. The van der Waals surface area contributed by atoms with E-state index in [1.165, 1.54) is 4.31 Å². The lowest BCUT2D eigenvalue weighted by atomic mass is 10.2. The molecule has 0 radical (unpaired) electrons. The summed E-state index contributed by atoms with van der Waals surface area (Å²) in [5.74, 6) is 2.07. The van der Waals surface area contributed by atoms with Crippen LogP contribution in [0.25, 0.3) is 0 Å². The van der Waals surface area contributed by atoms with Gasteiger partial charge in [-0.1, -0.05) is 18.2 Å². The van der Waals surface area contributed by atoms with E-state index in [1.54, 1.807) is 68.4 Å². The van der Waals surface area contributed by atoms with Crippen LogP contribution in [0.1, 0.15) is 10.9 Å². The molecule has 0 N–H and O–H groups in total. The van der Waals surface area contributed by atoms with Crippen LogP contribution in [0.4, 0.5) is 0 Å². The molecule has 1 fully saturated rings. The van der Waals surface area contributed by atoms with Gasteiger partial charge in [-0.25, -0.2) is 8.42 Å². The predicted molar refractivity (Wildman–Crippen MR) is 95.1 cm³/mol. The summed E-state index contributed by atoms with van der Waals surface area (Å²) in [7, 11) is -0.391. The van der Waals surface area contributed by atoms with Gasteiger partial charge >= 0.3 is 0 Å². The zero-order valence-electron chi connectivity index (χ0n) is 13.5. The van der Waals surface area contributed by atoms with Gasteiger partial charge in [-0.15, -0.1) is 11.8 Å². The molecule has 0 bridgehead atoms. The van der Waals surface area contributed by atoms with E-state index in [0.717, 1.165) is 11.3 Å². The van der Waals surface area contributed by atoms with Crippen LogP contribution in [0.5, 0.6) is 11.5 Å². The van der Waals surface area contributed by atoms with Crippen molar-refractivity contribution in [1.82, 2.24) is 4.31 Å². The molecule has 0 amide bonds. The SMILES string of the molecule is COc1ccc(OC)c(C2SCCN2S(=O)(=O)c2ccccc2)c1. The van der Waals surface area contributed by atoms with E-state index in [9.17, 15) is 8.42 Å². The van der Waals surface area contributed by atoms with E-state index in [2.05, 4.69) is 0 Å². The van der Waals surface area contributed by atoms with Crippen molar-refractivity contribution in [3.63, 3.8) is 0 Å². The number of hydrogen-bond donors (Lipinski definition) is 0. The standard InChI is InChI=1S/C17H19NO4S2/c1-21-13-8-9-16(22-2)15(12-13)17-18(10-11-23-17)24(19,20)14-6-4-3-5-7-14/h3-9,12,17H,10-11H2,1-2H3. The van der Waals surface area contributed by atoms with Crippen molar-refractivity contribution in [2.24, 2.45) is 0 Å². The molecule has 1 aliphatic rings. The topological polar surface area (TPSA) is 55.8 Å². The third-order valence-corrected chi connectivity index (χ3v) is 7.16. The molecule has 5 nitrogen and oxygen atoms in total. The molecule has 0 spiro atoms. The highest BCUT2D eigenvalue weighted by atomic mass is 32.2. The molecule has 0 saturated carbocycles. The second-order valence-electron chi connectivity index (χ2n) is 5.26. The summed E-state index contributed by atoms with van der Waals surface area (Å²) in [5, 5.41) is -0.333. The van der Waals surface area contributed by atoms with Gasteiger partial charge in [0.2, 0.25) is 10.0 Å². The summed E-state index contributed by atoms with van der Waals surface area (Å²) in [5.41, 5.74) is 0.804. The molecule has 7 heteroatoms. The first kappa shape index (κ1) is 17.1. The Morgan fingerprint density at radius 2 is 1.83 bits per heavy atom. The van der Waals surface area contributed by atoms with Crippen LogP contribution in [0, 0.1) is 0 Å². The Bertz CT molecular complexity index is 809. The minimum Gasteiger partial charge on any atom is -0.497 e. The maximum atomic E-state index is 13.0. The van der Waals surface area contributed by atoms with Gasteiger partial charge in [0.15, 0.2) is 0 Å². The Hall–Kier alpha value is -1.70. The smallest absolute Gasteiger partial charge is 0.244 e. The number of hydrogen-bond acceptors (Lipinski definition) is 5. The largest absolute Gasteiger partial charge is 0.497 e. The van der Waals surface area contributed by atoms with Crippen LogP contribution in [-0.2, 0) is 10.0 Å². The molecule has 24 heavy (non-hydrogen) atoms. The van der Waals surface area contributed by atoms with E-state index >= 15 is 0 Å². The van der Waals surface area contributed by atoms with Crippen LogP contribution in [0.3, 0.4) is 0 Å². The Morgan fingerprint density at radius 3 is 2.50 bits per heavy atom. The molecular formula is C17H19NO4S2. The van der Waals surface area contributed by atoms with E-state index in [0.29, 0.717) is 22.9 Å². The zero-order chi connectivity index (χ0) is 17.2. The van der Waals surface area contributed by atoms with Gasteiger partial charge in [-0.2, -0.15) is 4.31 Å². The first-order chi connectivity index (χ1) is 11.6. The molecule has 3 rings (SSSR count). The third kappa shape index (κ3) is 3.11. The fourth-order valence-electron chi connectivity index (χ4n) is 2.71. The zero-order valence-corrected chi connectivity index (χ0v) is 15.1. The van der Waals surface area contributed by atoms with Crippen LogP contribution in [0.2, 0.25) is 0 Å². The van der Waals surface area contributed by atoms with Gasteiger partial charge in [0.25, 0.3) is 0 Å². The second kappa shape index (κ2) is 7.04. The lowest BCUT2D eigenvalue weighted by Gasteiger charge is -2.25. The van der Waals surface area contributed by atoms with Crippen molar-refractivity contribution < 1.29 is 17.9 Å². The minimum absolute atomic E-state index is 0.305. The predicted octanol–water partition coefficient (Wildman–Crippen LogP) is 3.14. The lowest BCUT2D eigenvalue weighted by Crippen LogP contribution is -2.30. The summed E-state index contributed by atoms with van der Waals surface area (Å²) in [6.45, 7) is 0.465. The number of rotatable bonds is 5. The van der Waals surface area contributed by atoms with Gasteiger partial charge < -0.3 is 9.47 Å². The van der Waals surface area contributed by atoms with E-state index < -0.39 is 10.0 Å². The molecule has 128 valence electrons. The fraction of sp³-hybridized carbons (Fsp3) is 0.294.